The number of pyridine rings is 1. The van der Waals surface area contributed by atoms with Crippen LogP contribution in [0.1, 0.15) is 28.9 Å². The Kier molecular flexibility index (Phi) is 5.57. The molecule has 2 aromatic rings. The molecule has 0 amide bonds. The number of hydrogen-bond donors (Lipinski definition) is 2. The number of carboxylic acids is 1. The predicted molar refractivity (Wildman–Crippen MR) is 88.8 cm³/mol. The van der Waals surface area contributed by atoms with E-state index in [4.69, 9.17) is 21.4 Å². The van der Waals surface area contributed by atoms with Crippen LogP contribution in [0, 0.1) is 11.3 Å². The lowest BCUT2D eigenvalue weighted by Crippen LogP contribution is -2.08. The lowest BCUT2D eigenvalue weighted by Gasteiger charge is -2.11. The summed E-state index contributed by atoms with van der Waals surface area (Å²) in [7, 11) is 1.44. The summed E-state index contributed by atoms with van der Waals surface area (Å²) >= 11 is 6.24. The third-order valence-corrected chi connectivity index (χ3v) is 3.79. The van der Waals surface area contributed by atoms with Gasteiger partial charge in [-0.05, 0) is 12.1 Å². The number of nitrogens with zero attached hydrogens (tertiary/aromatic N) is 2. The summed E-state index contributed by atoms with van der Waals surface area (Å²) in [6, 6.07) is 7.99. The first kappa shape index (κ1) is 18.2. The minimum absolute atomic E-state index is 0.164. The zero-order valence-electron chi connectivity index (χ0n) is 13.1. The third-order valence-electron chi connectivity index (χ3n) is 3.40. The molecule has 2 rings (SSSR count). The first-order valence-electron chi connectivity index (χ1n) is 7.11. The Hall–Kier alpha value is -3.11. The number of carboxylic acid groups (broad SMARTS) is 1. The Morgan fingerprint density at radius 1 is 1.36 bits per heavy atom. The number of ketones is 1. The van der Waals surface area contributed by atoms with Gasteiger partial charge in [0.15, 0.2) is 11.5 Å². The van der Waals surface area contributed by atoms with Crippen molar-refractivity contribution < 1.29 is 24.5 Å². The number of nitriles is 1. The van der Waals surface area contributed by atoms with Crippen molar-refractivity contribution >= 4 is 23.4 Å². The van der Waals surface area contributed by atoms with Gasteiger partial charge in [-0.2, -0.15) is 5.26 Å². The normalized spacial score (nSPS) is 10.1. The van der Waals surface area contributed by atoms with E-state index in [0.29, 0.717) is 11.3 Å². The summed E-state index contributed by atoms with van der Waals surface area (Å²) in [5, 5.41) is 28.2. The fourth-order valence-corrected chi connectivity index (χ4v) is 2.46. The number of rotatable bonds is 6. The van der Waals surface area contributed by atoms with Crippen molar-refractivity contribution in [1.29, 1.82) is 5.26 Å². The zero-order chi connectivity index (χ0) is 18.6. The number of carbonyl (C=O) groups is 2. The Bertz CT molecular complexity index is 889. The average molecular weight is 361 g/mol. The highest BCUT2D eigenvalue weighted by Gasteiger charge is 2.21. The van der Waals surface area contributed by atoms with Gasteiger partial charge in [-0.1, -0.05) is 23.7 Å². The first-order valence-corrected chi connectivity index (χ1v) is 7.48. The molecule has 0 aliphatic rings. The molecule has 0 aliphatic heterocycles. The maximum absolute atomic E-state index is 12.2. The first-order chi connectivity index (χ1) is 11.9. The van der Waals surface area contributed by atoms with Gasteiger partial charge in [-0.3, -0.25) is 9.59 Å². The summed E-state index contributed by atoms with van der Waals surface area (Å²) in [6.07, 6.45) is -0.762. The van der Waals surface area contributed by atoms with Crippen LogP contribution in [0.25, 0.3) is 11.3 Å². The van der Waals surface area contributed by atoms with Crippen LogP contribution in [0.5, 0.6) is 11.5 Å². The van der Waals surface area contributed by atoms with Crippen LogP contribution in [0.3, 0.4) is 0 Å². The zero-order valence-corrected chi connectivity index (χ0v) is 13.9. The number of Topliss-reactive ketones (excluding diaryl/α,β-unsaturated/α-hetero) is 1. The van der Waals surface area contributed by atoms with E-state index in [2.05, 4.69) is 4.98 Å². The van der Waals surface area contributed by atoms with Crippen molar-refractivity contribution in [2.45, 2.75) is 12.8 Å². The molecule has 0 spiro atoms. The molecule has 0 unspecified atom stereocenters. The van der Waals surface area contributed by atoms with Crippen LogP contribution in [-0.4, -0.2) is 34.1 Å². The largest absolute Gasteiger partial charge is 0.504 e. The Balaban J connectivity index is 2.58. The smallest absolute Gasteiger partial charge is 0.303 e. The van der Waals surface area contributed by atoms with Crippen molar-refractivity contribution in [3.8, 4) is 28.8 Å². The van der Waals surface area contributed by atoms with Crippen molar-refractivity contribution in [3.63, 3.8) is 0 Å². The van der Waals surface area contributed by atoms with Gasteiger partial charge in [0.25, 0.3) is 0 Å². The molecule has 1 aromatic heterocycles. The monoisotopic (exact) mass is 360 g/mol. The van der Waals surface area contributed by atoms with Gasteiger partial charge in [-0.15, -0.1) is 0 Å². The van der Waals surface area contributed by atoms with Crippen LogP contribution >= 0.6 is 11.6 Å². The van der Waals surface area contributed by atoms with Gasteiger partial charge in [0, 0.05) is 12.0 Å². The lowest BCUT2D eigenvalue weighted by molar-refractivity contribution is -0.136. The molecular weight excluding hydrogens is 348 g/mol. The topological polar surface area (TPSA) is 121 Å². The maximum Gasteiger partial charge on any atom is 0.303 e. The fourth-order valence-electron chi connectivity index (χ4n) is 2.16. The SMILES string of the molecule is COc1cccc(-c2cc(C#N)c(O)c(C(=O)CCC(=O)O)n2)c1Cl. The number of hydrogen-bond acceptors (Lipinski definition) is 6. The second-order valence-corrected chi connectivity index (χ2v) is 5.38. The van der Waals surface area contributed by atoms with Gasteiger partial charge in [0.2, 0.25) is 0 Å². The van der Waals surface area contributed by atoms with E-state index in [1.807, 2.05) is 0 Å². The van der Waals surface area contributed by atoms with Crippen molar-refractivity contribution in [3.05, 3.63) is 40.5 Å². The molecule has 0 radical (unpaired) electrons. The highest BCUT2D eigenvalue weighted by atomic mass is 35.5. The van der Waals surface area contributed by atoms with Crippen molar-refractivity contribution in [2.75, 3.05) is 7.11 Å². The number of aromatic hydroxyl groups is 1. The standard InChI is InChI=1S/C17H13ClN2O5/c1-25-13-4-2-3-10(15(13)18)11-7-9(8-19)17(24)16(20-11)12(21)5-6-14(22)23/h2-4,7,24H,5-6H2,1H3,(H,22,23). The number of carbonyl (C=O) groups excluding carboxylic acids is 1. The van der Waals surface area contributed by atoms with Gasteiger partial charge in [0.1, 0.15) is 17.5 Å². The fraction of sp³-hybridized carbons (Fsp3) is 0.176. The molecule has 0 bridgehead atoms. The van der Waals surface area contributed by atoms with E-state index in [-0.39, 0.29) is 28.4 Å². The Morgan fingerprint density at radius 2 is 2.08 bits per heavy atom. The van der Waals surface area contributed by atoms with E-state index < -0.39 is 23.9 Å². The highest BCUT2D eigenvalue weighted by Crippen LogP contribution is 2.36. The molecule has 7 nitrogen and oxygen atoms in total. The van der Waals surface area contributed by atoms with Crippen LogP contribution in [-0.2, 0) is 4.79 Å². The average Bonchev–Trinajstić information content (AvgIpc) is 2.60. The molecule has 2 N–H and O–H groups in total. The van der Waals surface area contributed by atoms with Gasteiger partial charge in [-0.25, -0.2) is 4.98 Å². The van der Waals surface area contributed by atoms with Crippen LogP contribution in [0.2, 0.25) is 5.02 Å². The molecule has 0 atom stereocenters. The van der Waals surface area contributed by atoms with E-state index in [0.717, 1.165) is 0 Å². The molecule has 1 aromatic carbocycles. The summed E-state index contributed by atoms with van der Waals surface area (Å²) in [5.41, 5.74) is 0.0680. The Morgan fingerprint density at radius 3 is 2.68 bits per heavy atom. The second-order valence-electron chi connectivity index (χ2n) is 5.00. The number of ether oxygens (including phenoxy) is 1. The maximum atomic E-state index is 12.2. The third kappa shape index (κ3) is 3.87. The molecule has 8 heteroatoms. The number of halogens is 1. The molecule has 0 fully saturated rings. The van der Waals surface area contributed by atoms with Crippen LogP contribution < -0.4 is 4.74 Å². The van der Waals surface area contributed by atoms with Gasteiger partial charge in [0.05, 0.1) is 29.8 Å². The second kappa shape index (κ2) is 7.64. The minimum Gasteiger partial charge on any atom is -0.504 e. The van der Waals surface area contributed by atoms with E-state index in [9.17, 15) is 20.0 Å². The number of benzene rings is 1. The summed E-state index contributed by atoms with van der Waals surface area (Å²) in [4.78, 5) is 26.9. The van der Waals surface area contributed by atoms with E-state index in [1.165, 1.54) is 13.2 Å². The molecular formula is C17H13ClN2O5. The quantitative estimate of drug-likeness (QED) is 0.759. The predicted octanol–water partition coefficient (Wildman–Crippen LogP) is 3.04. The molecule has 1 heterocycles. The summed E-state index contributed by atoms with van der Waals surface area (Å²) in [6.45, 7) is 0. The summed E-state index contributed by atoms with van der Waals surface area (Å²) in [5.74, 6) is -2.04. The Labute approximate surface area is 148 Å². The molecule has 0 saturated carbocycles. The van der Waals surface area contributed by atoms with E-state index >= 15 is 0 Å². The van der Waals surface area contributed by atoms with Crippen LogP contribution in [0.15, 0.2) is 24.3 Å². The van der Waals surface area contributed by atoms with Crippen molar-refractivity contribution in [2.24, 2.45) is 0 Å². The molecule has 25 heavy (non-hydrogen) atoms. The number of aliphatic carboxylic acids is 1. The highest BCUT2D eigenvalue weighted by molar-refractivity contribution is 6.34. The minimum atomic E-state index is -1.15. The van der Waals surface area contributed by atoms with Crippen molar-refractivity contribution in [1.82, 2.24) is 4.98 Å². The molecule has 0 saturated heterocycles. The molecule has 0 aliphatic carbocycles. The van der Waals surface area contributed by atoms with Crippen LogP contribution in [0.4, 0.5) is 0 Å². The number of aromatic nitrogens is 1. The van der Waals surface area contributed by atoms with Gasteiger partial charge < -0.3 is 14.9 Å². The summed E-state index contributed by atoms with van der Waals surface area (Å²) < 4.78 is 5.12. The van der Waals surface area contributed by atoms with Gasteiger partial charge >= 0.3 is 5.97 Å². The lowest BCUT2D eigenvalue weighted by atomic mass is 10.0. The van der Waals surface area contributed by atoms with E-state index in [1.54, 1.807) is 24.3 Å². The molecule has 128 valence electrons. The number of methoxy groups -OCH3 is 1.